The molecule has 0 saturated heterocycles. The van der Waals surface area contributed by atoms with Crippen LogP contribution < -0.4 is 27.4 Å². The molecule has 0 aromatic rings. The summed E-state index contributed by atoms with van der Waals surface area (Å²) in [5, 5.41) is 23.9. The average molecular weight is 389 g/mol. The van der Waals surface area contributed by atoms with Gasteiger partial charge in [-0.3, -0.25) is 24.0 Å². The molecule has 0 radical (unpaired) electrons. The normalized spacial score (nSPS) is 12.5. The highest BCUT2D eigenvalue weighted by atomic mass is 16.4. The first-order valence-electron chi connectivity index (χ1n) is 8.41. The predicted octanol–water partition coefficient (Wildman–Crippen LogP) is -2.89. The molecule has 2 unspecified atom stereocenters. The van der Waals surface area contributed by atoms with Crippen LogP contribution in [-0.4, -0.2) is 71.6 Å². The molecule has 0 spiro atoms. The second-order valence-corrected chi connectivity index (χ2v) is 5.77. The monoisotopic (exact) mass is 389 g/mol. The third kappa shape index (κ3) is 12.3. The molecule has 0 fully saturated rings. The van der Waals surface area contributed by atoms with Crippen molar-refractivity contribution in [2.45, 2.75) is 44.2 Å². The van der Waals surface area contributed by atoms with E-state index in [-0.39, 0.29) is 6.42 Å². The summed E-state index contributed by atoms with van der Waals surface area (Å²) in [5.41, 5.74) is 11.0. The summed E-state index contributed by atoms with van der Waals surface area (Å²) in [6, 6.07) is -2.05. The van der Waals surface area contributed by atoms with Crippen LogP contribution in [0, 0.1) is 0 Å². The number of carboxylic acid groups (broad SMARTS) is 2. The Balaban J connectivity index is 4.51. The van der Waals surface area contributed by atoms with E-state index in [0.29, 0.717) is 19.4 Å². The first kappa shape index (κ1) is 24.3. The molecular weight excluding hydrogens is 362 g/mol. The smallest absolute Gasteiger partial charge is 0.322 e. The van der Waals surface area contributed by atoms with Gasteiger partial charge in [0.1, 0.15) is 12.6 Å². The largest absolute Gasteiger partial charge is 0.481 e. The zero-order valence-electron chi connectivity index (χ0n) is 14.9. The van der Waals surface area contributed by atoms with Gasteiger partial charge >= 0.3 is 11.9 Å². The van der Waals surface area contributed by atoms with Gasteiger partial charge in [0.05, 0.1) is 12.6 Å². The molecule has 0 aromatic heterocycles. The molecule has 0 bridgehead atoms. The van der Waals surface area contributed by atoms with Crippen LogP contribution in [0.3, 0.4) is 0 Å². The van der Waals surface area contributed by atoms with Crippen LogP contribution in [0.1, 0.15) is 32.1 Å². The summed E-state index contributed by atoms with van der Waals surface area (Å²) in [4.78, 5) is 56.7. The van der Waals surface area contributed by atoms with Crippen LogP contribution in [0.2, 0.25) is 0 Å². The maximum Gasteiger partial charge on any atom is 0.322 e. The topological polar surface area (TPSA) is 214 Å². The Kier molecular flexibility index (Phi) is 12.1. The molecule has 12 nitrogen and oxygen atoms in total. The second kappa shape index (κ2) is 13.5. The standard InChI is InChI=1S/C15H27N5O7/c16-6-2-1-3-9(17)14(26)18-7-11(21)20-10(4-5-12(22)23)15(27)19-8-13(24)25/h9-10H,1-8,16-17H2,(H,18,26)(H,19,27)(H,20,21)(H,22,23)(H,24,25). The van der Waals surface area contributed by atoms with Gasteiger partial charge in [0.2, 0.25) is 17.7 Å². The van der Waals surface area contributed by atoms with Crippen LogP contribution in [0.5, 0.6) is 0 Å². The highest BCUT2D eigenvalue weighted by Gasteiger charge is 2.22. The van der Waals surface area contributed by atoms with E-state index < -0.39 is 61.3 Å². The molecule has 3 amide bonds. The molecule has 0 aliphatic heterocycles. The third-order valence-corrected chi connectivity index (χ3v) is 3.44. The fourth-order valence-electron chi connectivity index (χ4n) is 2.01. The maximum absolute atomic E-state index is 11.9. The van der Waals surface area contributed by atoms with Gasteiger partial charge in [0, 0.05) is 6.42 Å². The van der Waals surface area contributed by atoms with Crippen molar-refractivity contribution >= 4 is 29.7 Å². The van der Waals surface area contributed by atoms with Gasteiger partial charge in [-0.05, 0) is 25.8 Å². The van der Waals surface area contributed by atoms with Crippen LogP contribution in [0.15, 0.2) is 0 Å². The van der Waals surface area contributed by atoms with Gasteiger partial charge in [-0.15, -0.1) is 0 Å². The number of nitrogens with one attached hydrogen (secondary N) is 3. The number of carbonyl (C=O) groups is 5. The molecule has 2 atom stereocenters. The summed E-state index contributed by atoms with van der Waals surface area (Å²) < 4.78 is 0. The fourth-order valence-corrected chi connectivity index (χ4v) is 2.01. The van der Waals surface area contributed by atoms with Crippen LogP contribution >= 0.6 is 0 Å². The van der Waals surface area contributed by atoms with E-state index in [9.17, 15) is 24.0 Å². The molecule has 0 aliphatic carbocycles. The van der Waals surface area contributed by atoms with E-state index in [4.69, 9.17) is 21.7 Å². The first-order chi connectivity index (χ1) is 12.7. The van der Waals surface area contributed by atoms with Crippen molar-refractivity contribution in [1.29, 1.82) is 0 Å². The number of carbonyl (C=O) groups excluding carboxylic acids is 3. The zero-order valence-corrected chi connectivity index (χ0v) is 14.9. The molecule has 0 rings (SSSR count). The minimum atomic E-state index is -1.29. The highest BCUT2D eigenvalue weighted by molar-refractivity contribution is 5.92. The Hall–Kier alpha value is -2.73. The number of aliphatic carboxylic acids is 2. The Morgan fingerprint density at radius 3 is 2.04 bits per heavy atom. The van der Waals surface area contributed by atoms with E-state index >= 15 is 0 Å². The number of carboxylic acids is 2. The van der Waals surface area contributed by atoms with E-state index in [1.165, 1.54) is 0 Å². The summed E-state index contributed by atoms with van der Waals surface area (Å²) in [6.45, 7) is -0.649. The van der Waals surface area contributed by atoms with Gasteiger partial charge in [-0.25, -0.2) is 0 Å². The van der Waals surface area contributed by atoms with Crippen molar-refractivity contribution in [2.75, 3.05) is 19.6 Å². The number of hydrogen-bond donors (Lipinski definition) is 7. The summed E-state index contributed by atoms with van der Waals surface area (Å²) in [7, 11) is 0. The van der Waals surface area contributed by atoms with Crippen molar-refractivity contribution in [3.8, 4) is 0 Å². The molecule has 12 heteroatoms. The number of unbranched alkanes of at least 4 members (excludes halogenated alkanes) is 1. The van der Waals surface area contributed by atoms with Crippen molar-refractivity contribution < 1.29 is 34.2 Å². The number of amides is 3. The number of rotatable bonds is 14. The average Bonchev–Trinajstić information content (AvgIpc) is 2.60. The Bertz CT molecular complexity index is 541. The minimum Gasteiger partial charge on any atom is -0.481 e. The molecule has 0 heterocycles. The van der Waals surface area contributed by atoms with Crippen molar-refractivity contribution in [1.82, 2.24) is 16.0 Å². The van der Waals surface area contributed by atoms with E-state index in [0.717, 1.165) is 6.42 Å². The second-order valence-electron chi connectivity index (χ2n) is 5.77. The Labute approximate surface area is 156 Å². The lowest BCUT2D eigenvalue weighted by atomic mass is 10.1. The highest BCUT2D eigenvalue weighted by Crippen LogP contribution is 1.99. The van der Waals surface area contributed by atoms with Gasteiger partial charge < -0.3 is 37.6 Å². The third-order valence-electron chi connectivity index (χ3n) is 3.44. The van der Waals surface area contributed by atoms with E-state index in [2.05, 4.69) is 16.0 Å². The quantitative estimate of drug-likeness (QED) is 0.152. The summed E-state index contributed by atoms with van der Waals surface area (Å²) in [5.74, 6) is -4.59. The number of hydrogen-bond acceptors (Lipinski definition) is 7. The van der Waals surface area contributed by atoms with Gasteiger partial charge in [0.15, 0.2) is 0 Å². The lowest BCUT2D eigenvalue weighted by Crippen LogP contribution is -2.51. The lowest BCUT2D eigenvalue weighted by molar-refractivity contribution is -0.140. The maximum atomic E-state index is 11.9. The van der Waals surface area contributed by atoms with E-state index in [1.54, 1.807) is 0 Å². The lowest BCUT2D eigenvalue weighted by Gasteiger charge is -2.18. The molecule has 0 aromatic carbocycles. The van der Waals surface area contributed by atoms with Crippen LogP contribution in [0.25, 0.3) is 0 Å². The van der Waals surface area contributed by atoms with Gasteiger partial charge in [0.25, 0.3) is 0 Å². The Morgan fingerprint density at radius 1 is 0.852 bits per heavy atom. The predicted molar refractivity (Wildman–Crippen MR) is 93.3 cm³/mol. The van der Waals surface area contributed by atoms with E-state index in [1.807, 2.05) is 0 Å². The molecule has 154 valence electrons. The SMILES string of the molecule is NCCCCC(N)C(=O)NCC(=O)NC(CCC(=O)O)C(=O)NCC(=O)O. The fraction of sp³-hybridized carbons (Fsp3) is 0.667. The molecule has 0 saturated carbocycles. The summed E-state index contributed by atoms with van der Waals surface area (Å²) >= 11 is 0. The molecule has 27 heavy (non-hydrogen) atoms. The van der Waals surface area contributed by atoms with Crippen molar-refractivity contribution in [2.24, 2.45) is 11.5 Å². The van der Waals surface area contributed by atoms with Crippen molar-refractivity contribution in [3.63, 3.8) is 0 Å². The van der Waals surface area contributed by atoms with Crippen LogP contribution in [-0.2, 0) is 24.0 Å². The minimum absolute atomic E-state index is 0.237. The van der Waals surface area contributed by atoms with Crippen molar-refractivity contribution in [3.05, 3.63) is 0 Å². The summed E-state index contributed by atoms with van der Waals surface area (Å²) in [6.07, 6.45) is 1.14. The Morgan fingerprint density at radius 2 is 1.48 bits per heavy atom. The molecular formula is C15H27N5O7. The van der Waals surface area contributed by atoms with Gasteiger partial charge in [-0.2, -0.15) is 0 Å². The number of nitrogens with two attached hydrogens (primary N) is 2. The first-order valence-corrected chi connectivity index (χ1v) is 8.41. The van der Waals surface area contributed by atoms with Gasteiger partial charge in [-0.1, -0.05) is 6.42 Å². The molecule has 0 aliphatic rings. The molecule has 9 N–H and O–H groups in total. The zero-order chi connectivity index (χ0) is 20.8. The van der Waals surface area contributed by atoms with Crippen LogP contribution in [0.4, 0.5) is 0 Å².